The SMILES string of the molecule is CCC(COC(=O)c1cc(CO)c(CO)c(CO)c1)(c1ccccc1)[NH+](C)C. The molecule has 0 spiro atoms. The molecule has 0 aliphatic heterocycles. The third kappa shape index (κ3) is 4.42. The van der Waals surface area contributed by atoms with Gasteiger partial charge in [0, 0.05) is 12.0 Å². The van der Waals surface area contributed by atoms with E-state index >= 15 is 0 Å². The second kappa shape index (κ2) is 9.80. The minimum absolute atomic E-state index is 0.194. The number of nitrogens with one attached hydrogen (secondary N) is 1. The Morgan fingerprint density at radius 1 is 1.00 bits per heavy atom. The Balaban J connectivity index is 2.31. The van der Waals surface area contributed by atoms with E-state index in [1.165, 1.54) is 12.1 Å². The van der Waals surface area contributed by atoms with Crippen LogP contribution in [0.2, 0.25) is 0 Å². The fourth-order valence-electron chi connectivity index (χ4n) is 3.61. The van der Waals surface area contributed by atoms with Gasteiger partial charge in [-0.05, 0) is 28.8 Å². The standard InChI is InChI=1S/C22H29NO5/c1-4-22(23(2)3,19-8-6-5-7-9-19)15-28-21(27)16-10-17(12-24)20(14-26)18(11-16)13-25/h5-11,24-26H,4,12-15H2,1-3H3/p+1. The van der Waals surface area contributed by atoms with E-state index < -0.39 is 5.97 Å². The summed E-state index contributed by atoms with van der Waals surface area (Å²) in [5.74, 6) is -0.524. The molecule has 0 aliphatic carbocycles. The molecule has 0 amide bonds. The van der Waals surface area contributed by atoms with E-state index in [-0.39, 0.29) is 37.5 Å². The van der Waals surface area contributed by atoms with Crippen molar-refractivity contribution >= 4 is 5.97 Å². The number of carbonyl (C=O) groups excluding carboxylic acids is 1. The number of ether oxygens (including phenoxy) is 1. The van der Waals surface area contributed by atoms with E-state index in [2.05, 4.69) is 6.92 Å². The lowest BCUT2D eigenvalue weighted by Gasteiger charge is -2.35. The Labute approximate surface area is 166 Å². The van der Waals surface area contributed by atoms with Crippen molar-refractivity contribution < 1.29 is 29.8 Å². The summed E-state index contributed by atoms with van der Waals surface area (Å²) in [6.45, 7) is 1.26. The predicted molar refractivity (Wildman–Crippen MR) is 106 cm³/mol. The van der Waals surface area contributed by atoms with Crippen molar-refractivity contribution in [2.75, 3.05) is 20.7 Å². The number of benzene rings is 2. The lowest BCUT2D eigenvalue weighted by atomic mass is 9.86. The molecule has 1 unspecified atom stereocenters. The molecule has 0 aliphatic rings. The van der Waals surface area contributed by atoms with Crippen molar-refractivity contribution in [2.24, 2.45) is 0 Å². The van der Waals surface area contributed by atoms with E-state index in [0.29, 0.717) is 16.7 Å². The van der Waals surface area contributed by atoms with Gasteiger partial charge in [0.05, 0.1) is 39.5 Å². The van der Waals surface area contributed by atoms with Gasteiger partial charge in [-0.15, -0.1) is 0 Å². The smallest absolute Gasteiger partial charge is 0.338 e. The third-order valence-corrected chi connectivity index (χ3v) is 5.51. The van der Waals surface area contributed by atoms with Gasteiger partial charge < -0.3 is 25.0 Å². The van der Waals surface area contributed by atoms with Gasteiger partial charge in [-0.25, -0.2) is 4.79 Å². The van der Waals surface area contributed by atoms with Gasteiger partial charge in [-0.2, -0.15) is 0 Å². The Kier molecular flexibility index (Phi) is 7.71. The lowest BCUT2D eigenvalue weighted by Crippen LogP contribution is -3.14. The summed E-state index contributed by atoms with van der Waals surface area (Å²) in [5.41, 5.74) is 2.20. The first-order chi connectivity index (χ1) is 13.4. The van der Waals surface area contributed by atoms with Crippen LogP contribution in [0, 0.1) is 0 Å². The molecule has 0 saturated carbocycles. The van der Waals surface area contributed by atoms with E-state index in [1.807, 2.05) is 44.4 Å². The van der Waals surface area contributed by atoms with Crippen LogP contribution in [0.3, 0.4) is 0 Å². The maximum atomic E-state index is 12.7. The molecule has 0 bridgehead atoms. The van der Waals surface area contributed by atoms with Crippen LogP contribution < -0.4 is 4.90 Å². The van der Waals surface area contributed by atoms with Crippen molar-refractivity contribution in [1.82, 2.24) is 0 Å². The second-order valence-electron chi connectivity index (χ2n) is 7.13. The van der Waals surface area contributed by atoms with Crippen LogP contribution in [0.4, 0.5) is 0 Å². The molecular formula is C22H30NO5+. The van der Waals surface area contributed by atoms with Crippen LogP contribution in [0.5, 0.6) is 0 Å². The van der Waals surface area contributed by atoms with Crippen molar-refractivity contribution in [3.05, 3.63) is 70.3 Å². The molecule has 6 nitrogen and oxygen atoms in total. The average molecular weight is 388 g/mol. The molecule has 0 saturated heterocycles. The maximum Gasteiger partial charge on any atom is 0.338 e. The highest BCUT2D eigenvalue weighted by Gasteiger charge is 2.38. The van der Waals surface area contributed by atoms with E-state index in [0.717, 1.165) is 16.9 Å². The molecule has 4 N–H and O–H groups in total. The number of aliphatic hydroxyl groups excluding tert-OH is 3. The number of rotatable bonds is 9. The van der Waals surface area contributed by atoms with Gasteiger partial charge in [-0.1, -0.05) is 37.3 Å². The summed E-state index contributed by atoms with van der Waals surface area (Å²) in [7, 11) is 4.07. The Hall–Kier alpha value is -2.25. The molecule has 0 heterocycles. The molecule has 28 heavy (non-hydrogen) atoms. The molecule has 0 fully saturated rings. The van der Waals surface area contributed by atoms with Gasteiger partial charge in [0.15, 0.2) is 12.1 Å². The zero-order valence-corrected chi connectivity index (χ0v) is 16.7. The fourth-order valence-corrected chi connectivity index (χ4v) is 3.61. The minimum atomic E-state index is -0.524. The summed E-state index contributed by atoms with van der Waals surface area (Å²) in [4.78, 5) is 13.9. The van der Waals surface area contributed by atoms with Crippen LogP contribution in [0.1, 0.15) is 46.0 Å². The highest BCUT2D eigenvalue weighted by molar-refractivity contribution is 5.90. The van der Waals surface area contributed by atoms with Gasteiger partial charge >= 0.3 is 5.97 Å². The molecule has 2 aromatic carbocycles. The van der Waals surface area contributed by atoms with Crippen LogP contribution >= 0.6 is 0 Å². The Bertz CT molecular complexity index is 766. The van der Waals surface area contributed by atoms with Crippen LogP contribution in [-0.2, 0) is 30.1 Å². The van der Waals surface area contributed by atoms with Gasteiger partial charge in [0.2, 0.25) is 0 Å². The van der Waals surface area contributed by atoms with Crippen molar-refractivity contribution in [1.29, 1.82) is 0 Å². The predicted octanol–water partition coefficient (Wildman–Crippen LogP) is 0.770. The molecule has 2 aromatic rings. The largest absolute Gasteiger partial charge is 0.455 e. The first kappa shape index (κ1) is 22.0. The average Bonchev–Trinajstić information content (AvgIpc) is 2.73. The highest BCUT2D eigenvalue weighted by atomic mass is 16.5. The Morgan fingerprint density at radius 3 is 2.00 bits per heavy atom. The number of hydrogen-bond acceptors (Lipinski definition) is 5. The molecule has 2 rings (SSSR count). The summed E-state index contributed by atoms with van der Waals surface area (Å²) >= 11 is 0. The minimum Gasteiger partial charge on any atom is -0.455 e. The van der Waals surface area contributed by atoms with E-state index in [9.17, 15) is 20.1 Å². The molecule has 152 valence electrons. The summed E-state index contributed by atoms with van der Waals surface area (Å²) < 4.78 is 5.69. The topological polar surface area (TPSA) is 91.4 Å². The maximum absolute atomic E-state index is 12.7. The van der Waals surface area contributed by atoms with Gasteiger partial charge in [0.1, 0.15) is 0 Å². The zero-order valence-electron chi connectivity index (χ0n) is 16.7. The first-order valence-electron chi connectivity index (χ1n) is 9.44. The highest BCUT2D eigenvalue weighted by Crippen LogP contribution is 2.24. The number of likely N-dealkylation sites (N-methyl/N-ethyl adjacent to an activating group) is 1. The second-order valence-corrected chi connectivity index (χ2v) is 7.13. The molecule has 0 radical (unpaired) electrons. The monoisotopic (exact) mass is 388 g/mol. The summed E-state index contributed by atoms with van der Waals surface area (Å²) in [6.07, 6.45) is 0.778. The Morgan fingerprint density at radius 2 is 1.57 bits per heavy atom. The lowest BCUT2D eigenvalue weighted by molar-refractivity contribution is -0.925. The summed E-state index contributed by atoms with van der Waals surface area (Å²) in [5, 5.41) is 28.6. The quantitative estimate of drug-likeness (QED) is 0.477. The van der Waals surface area contributed by atoms with E-state index in [1.54, 1.807) is 0 Å². The molecule has 0 aromatic heterocycles. The fraction of sp³-hybridized carbons (Fsp3) is 0.409. The van der Waals surface area contributed by atoms with Crippen molar-refractivity contribution in [2.45, 2.75) is 38.7 Å². The van der Waals surface area contributed by atoms with E-state index in [4.69, 9.17) is 4.74 Å². The molecule has 1 atom stereocenters. The number of hydrogen-bond donors (Lipinski definition) is 4. The third-order valence-electron chi connectivity index (χ3n) is 5.51. The van der Waals surface area contributed by atoms with Crippen molar-refractivity contribution in [3.8, 4) is 0 Å². The molecular weight excluding hydrogens is 358 g/mol. The van der Waals surface area contributed by atoms with Crippen LogP contribution in [0.15, 0.2) is 42.5 Å². The number of aliphatic hydroxyl groups is 3. The first-order valence-corrected chi connectivity index (χ1v) is 9.44. The molecule has 6 heteroatoms. The normalized spacial score (nSPS) is 13.4. The zero-order chi connectivity index (χ0) is 20.7. The van der Waals surface area contributed by atoms with Crippen molar-refractivity contribution in [3.63, 3.8) is 0 Å². The van der Waals surface area contributed by atoms with Crippen LogP contribution in [0.25, 0.3) is 0 Å². The van der Waals surface area contributed by atoms with Gasteiger partial charge in [0.25, 0.3) is 0 Å². The number of quaternary nitrogens is 1. The number of carbonyl (C=O) groups is 1. The summed E-state index contributed by atoms with van der Waals surface area (Å²) in [6, 6.07) is 13.0. The number of esters is 1. The van der Waals surface area contributed by atoms with Gasteiger partial charge in [-0.3, -0.25) is 0 Å². The van der Waals surface area contributed by atoms with Crippen LogP contribution in [-0.4, -0.2) is 42.0 Å².